The lowest BCUT2D eigenvalue weighted by Gasteiger charge is -2.08. The fraction of sp³-hybridized carbons (Fsp3) is 0.462. The van der Waals surface area contributed by atoms with E-state index in [1.165, 1.54) is 11.1 Å². The summed E-state index contributed by atoms with van der Waals surface area (Å²) in [5, 5.41) is 0. The van der Waals surface area contributed by atoms with E-state index in [0.717, 1.165) is 12.8 Å². The van der Waals surface area contributed by atoms with Crippen molar-refractivity contribution in [2.75, 3.05) is 0 Å². The molecule has 2 heteroatoms. The summed E-state index contributed by atoms with van der Waals surface area (Å²) in [6, 6.07) is 8.31. The molecular weight excluding hydrogens is 252 g/mol. The highest BCUT2D eigenvalue weighted by molar-refractivity contribution is 9.10. The highest BCUT2D eigenvalue weighted by atomic mass is 79.9. The maximum atomic E-state index is 11.6. The van der Waals surface area contributed by atoms with Crippen molar-refractivity contribution in [3.8, 4) is 0 Å². The summed E-state index contributed by atoms with van der Waals surface area (Å²) < 4.78 is 0. The third-order valence-corrected chi connectivity index (χ3v) is 3.18. The van der Waals surface area contributed by atoms with E-state index in [2.05, 4.69) is 41.1 Å². The Morgan fingerprint density at radius 2 is 2.20 bits per heavy atom. The van der Waals surface area contributed by atoms with E-state index < -0.39 is 0 Å². The summed E-state index contributed by atoms with van der Waals surface area (Å²) in [6.45, 7) is 4.10. The molecule has 82 valence electrons. The van der Waals surface area contributed by atoms with Crippen LogP contribution < -0.4 is 0 Å². The molecule has 1 aromatic rings. The van der Waals surface area contributed by atoms with Crippen LogP contribution in [0.4, 0.5) is 0 Å². The number of Topliss-reactive ketones (excluding diaryl/α,β-unsaturated/α-hetero) is 1. The predicted octanol–water partition coefficient (Wildman–Crippen LogP) is 3.67. The number of ketones is 1. The van der Waals surface area contributed by atoms with E-state index in [0.29, 0.717) is 12.2 Å². The first-order valence-electron chi connectivity index (χ1n) is 5.35. The minimum atomic E-state index is -0.0285. The Morgan fingerprint density at radius 3 is 2.80 bits per heavy atom. The van der Waals surface area contributed by atoms with Crippen molar-refractivity contribution >= 4 is 21.7 Å². The first-order valence-corrected chi connectivity index (χ1v) is 6.27. The van der Waals surface area contributed by atoms with Gasteiger partial charge in [0.15, 0.2) is 0 Å². The third kappa shape index (κ3) is 4.17. The van der Waals surface area contributed by atoms with Gasteiger partial charge in [-0.05, 0) is 25.3 Å². The molecule has 0 aliphatic heterocycles. The summed E-state index contributed by atoms with van der Waals surface area (Å²) in [6.07, 6.45) is 2.39. The van der Waals surface area contributed by atoms with Crippen molar-refractivity contribution in [3.63, 3.8) is 0 Å². The minimum Gasteiger partial charge on any atom is -0.298 e. The lowest BCUT2D eigenvalue weighted by Crippen LogP contribution is -2.16. The largest absolute Gasteiger partial charge is 0.298 e. The molecule has 0 saturated heterocycles. The average Bonchev–Trinajstić information content (AvgIpc) is 2.18. The number of alkyl halides is 1. The molecule has 0 heterocycles. The number of halogens is 1. The van der Waals surface area contributed by atoms with Crippen LogP contribution in [0.15, 0.2) is 24.3 Å². The molecule has 1 nitrogen and oxygen atoms in total. The van der Waals surface area contributed by atoms with Crippen LogP contribution in [0.5, 0.6) is 0 Å². The molecular formula is C13H17BrO. The summed E-state index contributed by atoms with van der Waals surface area (Å²) in [5.41, 5.74) is 2.47. The molecule has 1 unspecified atom stereocenters. The van der Waals surface area contributed by atoms with Crippen LogP contribution in [0.3, 0.4) is 0 Å². The van der Waals surface area contributed by atoms with Crippen LogP contribution in [0, 0.1) is 6.92 Å². The zero-order valence-corrected chi connectivity index (χ0v) is 10.9. The minimum absolute atomic E-state index is 0.0285. The molecule has 0 fully saturated rings. The van der Waals surface area contributed by atoms with Crippen LogP contribution in [0.2, 0.25) is 0 Å². The molecule has 1 aromatic carbocycles. The quantitative estimate of drug-likeness (QED) is 0.745. The highest BCUT2D eigenvalue weighted by Crippen LogP contribution is 2.14. The monoisotopic (exact) mass is 268 g/mol. The smallest absolute Gasteiger partial charge is 0.146 e. The summed E-state index contributed by atoms with van der Waals surface area (Å²) in [5.74, 6) is 0.305. The van der Waals surface area contributed by atoms with Gasteiger partial charge in [0, 0.05) is 6.42 Å². The topological polar surface area (TPSA) is 17.1 Å². The van der Waals surface area contributed by atoms with Gasteiger partial charge in [-0.3, -0.25) is 4.79 Å². The molecule has 0 spiro atoms. The van der Waals surface area contributed by atoms with Gasteiger partial charge in [-0.15, -0.1) is 0 Å². The van der Waals surface area contributed by atoms with Gasteiger partial charge in [-0.1, -0.05) is 52.7 Å². The number of hydrogen-bond acceptors (Lipinski definition) is 1. The van der Waals surface area contributed by atoms with E-state index in [1.54, 1.807) is 0 Å². The second-order valence-corrected chi connectivity index (χ2v) is 4.98. The fourth-order valence-corrected chi connectivity index (χ4v) is 2.17. The van der Waals surface area contributed by atoms with Gasteiger partial charge in [0.2, 0.25) is 0 Å². The molecule has 0 N–H and O–H groups in total. The Kier molecular flexibility index (Phi) is 5.03. The first kappa shape index (κ1) is 12.4. The lowest BCUT2D eigenvalue weighted by atomic mass is 10.0. The molecule has 1 rings (SSSR count). The number of carbonyl (C=O) groups is 1. The van der Waals surface area contributed by atoms with Crippen molar-refractivity contribution in [3.05, 3.63) is 35.4 Å². The summed E-state index contributed by atoms with van der Waals surface area (Å²) in [4.78, 5) is 11.6. The Morgan fingerprint density at radius 1 is 1.47 bits per heavy atom. The van der Waals surface area contributed by atoms with Gasteiger partial charge in [-0.2, -0.15) is 0 Å². The van der Waals surface area contributed by atoms with Gasteiger partial charge < -0.3 is 0 Å². The molecule has 0 radical (unpaired) electrons. The van der Waals surface area contributed by atoms with Crippen molar-refractivity contribution in [2.45, 2.75) is 37.9 Å². The Hall–Kier alpha value is -0.630. The number of carbonyl (C=O) groups excluding carboxylic acids is 1. The zero-order valence-electron chi connectivity index (χ0n) is 9.29. The predicted molar refractivity (Wildman–Crippen MR) is 67.5 cm³/mol. The molecule has 1 atom stereocenters. The van der Waals surface area contributed by atoms with Gasteiger partial charge >= 0.3 is 0 Å². The van der Waals surface area contributed by atoms with E-state index in [1.807, 2.05) is 13.0 Å². The van der Waals surface area contributed by atoms with Crippen molar-refractivity contribution < 1.29 is 4.79 Å². The molecule has 0 aliphatic carbocycles. The number of rotatable bonds is 5. The third-order valence-electron chi connectivity index (χ3n) is 2.34. The van der Waals surface area contributed by atoms with Crippen LogP contribution in [0.1, 0.15) is 30.9 Å². The molecule has 0 aromatic heterocycles. The van der Waals surface area contributed by atoms with Crippen LogP contribution in [-0.4, -0.2) is 10.6 Å². The molecule has 15 heavy (non-hydrogen) atoms. The average molecular weight is 269 g/mol. The number of aryl methyl sites for hydroxylation is 1. The normalized spacial score (nSPS) is 12.5. The van der Waals surface area contributed by atoms with E-state index in [4.69, 9.17) is 0 Å². The Bertz CT molecular complexity index is 333. The van der Waals surface area contributed by atoms with E-state index >= 15 is 0 Å². The Labute approximate surface area is 100 Å². The van der Waals surface area contributed by atoms with Crippen LogP contribution in [-0.2, 0) is 11.2 Å². The SMILES string of the molecule is CCCC(=O)C(Br)Cc1cccc(C)c1. The lowest BCUT2D eigenvalue weighted by molar-refractivity contribution is -0.118. The molecule has 0 amide bonds. The zero-order chi connectivity index (χ0) is 11.3. The van der Waals surface area contributed by atoms with Gasteiger partial charge in [0.25, 0.3) is 0 Å². The van der Waals surface area contributed by atoms with Crippen LogP contribution in [0.25, 0.3) is 0 Å². The van der Waals surface area contributed by atoms with Gasteiger partial charge in [0.1, 0.15) is 5.78 Å². The Balaban J connectivity index is 2.58. The first-order chi connectivity index (χ1) is 7.13. The number of hydrogen-bond donors (Lipinski definition) is 0. The molecule has 0 aliphatic rings. The maximum absolute atomic E-state index is 11.6. The van der Waals surface area contributed by atoms with Gasteiger partial charge in [-0.25, -0.2) is 0 Å². The summed E-state index contributed by atoms with van der Waals surface area (Å²) >= 11 is 3.46. The van der Waals surface area contributed by atoms with E-state index in [9.17, 15) is 4.79 Å². The molecule has 0 saturated carbocycles. The maximum Gasteiger partial charge on any atom is 0.146 e. The standard InChI is InChI=1S/C13H17BrO/c1-3-5-13(15)12(14)9-11-7-4-6-10(2)8-11/h4,6-8,12H,3,5,9H2,1-2H3. The number of benzene rings is 1. The molecule has 0 bridgehead atoms. The second kappa shape index (κ2) is 6.06. The van der Waals surface area contributed by atoms with E-state index in [-0.39, 0.29) is 4.83 Å². The van der Waals surface area contributed by atoms with Gasteiger partial charge in [0.05, 0.1) is 4.83 Å². The summed E-state index contributed by atoms with van der Waals surface area (Å²) in [7, 11) is 0. The highest BCUT2D eigenvalue weighted by Gasteiger charge is 2.13. The van der Waals surface area contributed by atoms with Crippen LogP contribution >= 0.6 is 15.9 Å². The van der Waals surface area contributed by atoms with Crippen molar-refractivity contribution in [1.29, 1.82) is 0 Å². The van der Waals surface area contributed by atoms with Crippen molar-refractivity contribution in [2.24, 2.45) is 0 Å². The van der Waals surface area contributed by atoms with Crippen molar-refractivity contribution in [1.82, 2.24) is 0 Å². The second-order valence-electron chi connectivity index (χ2n) is 3.88. The fourth-order valence-electron chi connectivity index (χ4n) is 1.56.